The fourth-order valence-electron chi connectivity index (χ4n) is 2.78. The molecule has 2 N–H and O–H groups in total. The van der Waals surface area contributed by atoms with Gasteiger partial charge in [-0.15, -0.1) is 6.54 Å². The highest BCUT2D eigenvalue weighted by Gasteiger charge is 2.24. The topological polar surface area (TPSA) is 85.7 Å². The third-order valence-corrected chi connectivity index (χ3v) is 4.15. The second-order valence-electron chi connectivity index (χ2n) is 5.83. The number of ether oxygens (including phenoxy) is 1. The van der Waals surface area contributed by atoms with Crippen molar-refractivity contribution < 1.29 is 23.1 Å². The molecule has 1 saturated heterocycles. The molecule has 0 saturated carbocycles. The van der Waals surface area contributed by atoms with Crippen LogP contribution in [-0.4, -0.2) is 68.6 Å². The zero-order valence-electron chi connectivity index (χ0n) is 14.6. The van der Waals surface area contributed by atoms with Gasteiger partial charge in [-0.05, 0) is 30.8 Å². The number of anilines is 2. The summed E-state index contributed by atoms with van der Waals surface area (Å²) in [6.45, 7) is 2.03. The second-order valence-corrected chi connectivity index (χ2v) is 5.83. The lowest BCUT2D eigenvalue weighted by molar-refractivity contribution is -0.125. The van der Waals surface area contributed by atoms with Crippen molar-refractivity contribution in [1.82, 2.24) is 4.90 Å². The van der Waals surface area contributed by atoms with Gasteiger partial charge in [-0.3, -0.25) is 14.5 Å². The number of nitrogens with zero attached hydrogens (tertiary/aromatic N) is 2. The molecule has 0 bridgehead atoms. The fraction of sp³-hybridized carbons (Fsp3) is 0.529. The van der Waals surface area contributed by atoms with Crippen molar-refractivity contribution in [3.63, 3.8) is 0 Å². The van der Waals surface area contributed by atoms with E-state index in [2.05, 4.69) is 5.32 Å². The van der Waals surface area contributed by atoms with E-state index in [-0.39, 0.29) is 25.6 Å². The van der Waals surface area contributed by atoms with Crippen molar-refractivity contribution in [3.05, 3.63) is 30.0 Å². The number of rotatable bonds is 8. The number of carbonyl (C=O) groups excluding carboxylic acids is 2. The van der Waals surface area contributed by atoms with Crippen molar-refractivity contribution >= 4 is 23.2 Å². The molecule has 1 atom stereocenters. The van der Waals surface area contributed by atoms with Crippen molar-refractivity contribution in [3.8, 4) is 0 Å². The van der Waals surface area contributed by atoms with Gasteiger partial charge in [0.2, 0.25) is 5.91 Å². The van der Waals surface area contributed by atoms with Crippen LogP contribution in [0.5, 0.6) is 0 Å². The molecular weight excluding hydrogens is 346 g/mol. The molecule has 1 aromatic carbocycles. The Morgan fingerprint density at radius 1 is 1.38 bits per heavy atom. The zero-order valence-corrected chi connectivity index (χ0v) is 14.6. The van der Waals surface area contributed by atoms with E-state index in [4.69, 9.17) is 10.5 Å². The maximum atomic E-state index is 12.6. The first kappa shape index (κ1) is 20.2. The lowest BCUT2D eigenvalue weighted by atomic mass is 10.2. The predicted molar refractivity (Wildman–Crippen MR) is 94.5 cm³/mol. The van der Waals surface area contributed by atoms with Crippen LogP contribution < -0.4 is 10.2 Å². The van der Waals surface area contributed by atoms with Crippen molar-refractivity contribution in [2.24, 2.45) is 0 Å². The molecule has 0 unspecified atom stereocenters. The molecule has 1 aliphatic rings. The van der Waals surface area contributed by atoms with Gasteiger partial charge in [-0.2, -0.15) is 0 Å². The minimum Gasteiger partial charge on any atom is -0.676 e. The number of benzene rings is 1. The Kier molecular flexibility index (Phi) is 7.43. The van der Waals surface area contributed by atoms with Crippen molar-refractivity contribution in [2.75, 3.05) is 49.6 Å². The molecule has 1 aromatic rings. The predicted octanol–water partition coefficient (Wildman–Crippen LogP) is 2.00. The number of amides is 2. The first-order chi connectivity index (χ1) is 12.5. The maximum Gasteiger partial charge on any atom is 0.253 e. The summed E-state index contributed by atoms with van der Waals surface area (Å²) in [7, 11) is 0. The number of alkyl halides is 2. The van der Waals surface area contributed by atoms with Crippen LogP contribution in [0.4, 0.5) is 20.2 Å². The minimum absolute atomic E-state index is 0.0423. The zero-order chi connectivity index (χ0) is 19.1. The van der Waals surface area contributed by atoms with Gasteiger partial charge in [0.05, 0.1) is 19.2 Å². The number of morpholine rings is 1. The molecule has 1 heterocycles. The summed E-state index contributed by atoms with van der Waals surface area (Å²) in [5.41, 5.74) is 8.69. The second kappa shape index (κ2) is 9.56. The van der Waals surface area contributed by atoms with Crippen LogP contribution in [0.3, 0.4) is 0 Å². The molecule has 0 aromatic heterocycles. The average Bonchev–Trinajstić information content (AvgIpc) is 2.62. The monoisotopic (exact) mass is 369 g/mol. The molecule has 26 heavy (non-hydrogen) atoms. The minimum atomic E-state index is -2.57. The highest BCUT2D eigenvalue weighted by molar-refractivity contribution is 5.97. The molecule has 0 spiro atoms. The molecule has 9 heteroatoms. The van der Waals surface area contributed by atoms with Crippen LogP contribution in [-0.2, 0) is 14.3 Å². The molecule has 0 radical (unpaired) electrons. The Bertz CT molecular complexity index is 613. The van der Waals surface area contributed by atoms with Crippen LogP contribution in [0, 0.1) is 0 Å². The van der Waals surface area contributed by atoms with Crippen molar-refractivity contribution in [1.29, 1.82) is 0 Å². The van der Waals surface area contributed by atoms with Crippen LogP contribution >= 0.6 is 0 Å². The highest BCUT2D eigenvalue weighted by Crippen LogP contribution is 2.20. The molecule has 1 aliphatic heterocycles. The SMILES string of the molecule is CCN(CC(F)F)[C@@H](C[NH-])C(=O)Nc1ccc(N2CCOCC2=O)cc1. The summed E-state index contributed by atoms with van der Waals surface area (Å²) in [6.07, 6.45) is -2.57. The van der Waals surface area contributed by atoms with E-state index in [1.54, 1.807) is 36.1 Å². The standard InChI is InChI=1S/C17H23F2N4O3/c1-2-22(10-15(18)19)14(9-20)17(25)21-12-3-5-13(6-4-12)23-7-8-26-11-16(23)24/h3-6,14-15,20H,2,7-11H2,1H3,(H,21,25)/q-1/t14-/m0/s1. The Morgan fingerprint density at radius 2 is 2.08 bits per heavy atom. The van der Waals surface area contributed by atoms with E-state index in [0.29, 0.717) is 24.5 Å². The Hall–Kier alpha value is -2.10. The van der Waals surface area contributed by atoms with E-state index >= 15 is 0 Å². The van der Waals surface area contributed by atoms with Gasteiger partial charge in [0.1, 0.15) is 6.61 Å². The van der Waals surface area contributed by atoms with Crippen LogP contribution in [0.25, 0.3) is 5.73 Å². The number of halogens is 2. The normalized spacial score (nSPS) is 16.2. The van der Waals surface area contributed by atoms with Gasteiger partial charge in [-0.25, -0.2) is 8.78 Å². The van der Waals surface area contributed by atoms with Crippen LogP contribution in [0.15, 0.2) is 24.3 Å². The van der Waals surface area contributed by atoms with Gasteiger partial charge in [0.15, 0.2) is 0 Å². The number of carbonyl (C=O) groups is 2. The first-order valence-electron chi connectivity index (χ1n) is 8.42. The summed E-state index contributed by atoms with van der Waals surface area (Å²) in [4.78, 5) is 27.1. The number of hydrogen-bond donors (Lipinski definition) is 1. The highest BCUT2D eigenvalue weighted by atomic mass is 19.3. The maximum absolute atomic E-state index is 12.6. The van der Waals surface area contributed by atoms with E-state index in [0.717, 1.165) is 0 Å². The largest absolute Gasteiger partial charge is 0.676 e. The van der Waals surface area contributed by atoms with E-state index in [1.165, 1.54) is 4.90 Å². The van der Waals surface area contributed by atoms with Crippen LogP contribution in [0.1, 0.15) is 6.92 Å². The summed E-state index contributed by atoms with van der Waals surface area (Å²) in [5.74, 6) is -0.634. The van der Waals surface area contributed by atoms with Crippen LogP contribution in [0.2, 0.25) is 0 Å². The molecular formula is C17H23F2N4O3-. The molecule has 0 aliphatic carbocycles. The van der Waals surface area contributed by atoms with Gasteiger partial charge < -0.3 is 20.7 Å². The molecule has 1 fully saturated rings. The lowest BCUT2D eigenvalue weighted by Crippen LogP contribution is -2.47. The first-order valence-corrected chi connectivity index (χ1v) is 8.42. The third-order valence-electron chi connectivity index (χ3n) is 4.15. The average molecular weight is 369 g/mol. The van der Waals surface area contributed by atoms with E-state index in [1.807, 2.05) is 0 Å². The Balaban J connectivity index is 2.02. The smallest absolute Gasteiger partial charge is 0.253 e. The molecule has 2 rings (SSSR count). The van der Waals surface area contributed by atoms with Gasteiger partial charge >= 0.3 is 0 Å². The third kappa shape index (κ3) is 5.20. The quantitative estimate of drug-likeness (QED) is 0.759. The summed E-state index contributed by atoms with van der Waals surface area (Å²) in [5, 5.41) is 2.65. The summed E-state index contributed by atoms with van der Waals surface area (Å²) < 4.78 is 30.4. The van der Waals surface area contributed by atoms with Gasteiger partial charge in [0.25, 0.3) is 12.3 Å². The molecule has 7 nitrogen and oxygen atoms in total. The Labute approximate surface area is 151 Å². The number of hydrogen-bond acceptors (Lipinski definition) is 4. The molecule has 144 valence electrons. The van der Waals surface area contributed by atoms with Gasteiger partial charge in [0, 0.05) is 17.9 Å². The number of nitrogens with one attached hydrogen (secondary N) is 2. The van der Waals surface area contributed by atoms with Gasteiger partial charge in [-0.1, -0.05) is 6.92 Å². The molecule has 2 amide bonds. The summed E-state index contributed by atoms with van der Waals surface area (Å²) in [6, 6.07) is 5.73. The summed E-state index contributed by atoms with van der Waals surface area (Å²) >= 11 is 0. The Morgan fingerprint density at radius 3 is 2.62 bits per heavy atom. The van der Waals surface area contributed by atoms with E-state index < -0.39 is 24.9 Å². The lowest BCUT2D eigenvalue weighted by Gasteiger charge is -2.31. The van der Waals surface area contributed by atoms with E-state index in [9.17, 15) is 18.4 Å². The van der Waals surface area contributed by atoms with Crippen molar-refractivity contribution in [2.45, 2.75) is 19.4 Å². The fourth-order valence-corrected chi connectivity index (χ4v) is 2.78. The number of likely N-dealkylation sites (N-methyl/N-ethyl adjacent to an activating group) is 1.